The number of nitrogens with one attached hydrogen (secondary N) is 1. The molecule has 0 saturated carbocycles. The first kappa shape index (κ1) is 14.4. The van der Waals surface area contributed by atoms with Crippen molar-refractivity contribution in [3.8, 4) is 0 Å². The summed E-state index contributed by atoms with van der Waals surface area (Å²) in [5, 5.41) is 3.76. The molecule has 1 aromatic carbocycles. The van der Waals surface area contributed by atoms with E-state index in [0.717, 1.165) is 5.92 Å². The van der Waals surface area contributed by atoms with E-state index in [9.17, 15) is 0 Å². The molecule has 1 saturated heterocycles. The molecule has 0 aromatic heterocycles. The molecule has 0 spiro atoms. The highest BCUT2D eigenvalue weighted by molar-refractivity contribution is 5.53. The van der Waals surface area contributed by atoms with Crippen molar-refractivity contribution < 1.29 is 0 Å². The van der Waals surface area contributed by atoms with Gasteiger partial charge >= 0.3 is 0 Å². The normalized spacial score (nSPS) is 19.6. The Hall–Kier alpha value is -1.02. The lowest BCUT2D eigenvalue weighted by Crippen LogP contribution is -2.37. The van der Waals surface area contributed by atoms with E-state index in [1.165, 1.54) is 37.2 Å². The molecule has 106 valence electrons. The first-order valence-electron chi connectivity index (χ1n) is 7.62. The van der Waals surface area contributed by atoms with Gasteiger partial charge in [-0.25, -0.2) is 0 Å². The highest BCUT2D eigenvalue weighted by atomic mass is 15.1. The molecule has 2 heteroatoms. The minimum absolute atomic E-state index is 0.564. The van der Waals surface area contributed by atoms with Gasteiger partial charge < -0.3 is 10.2 Å². The van der Waals surface area contributed by atoms with Crippen LogP contribution >= 0.6 is 0 Å². The highest BCUT2D eigenvalue weighted by Gasteiger charge is 2.22. The molecular weight excluding hydrogens is 232 g/mol. The second-order valence-electron chi connectivity index (χ2n) is 6.32. The standard InChI is InChI=1S/C17H28N2/c1-13(2)16-7-5-6-8-17(16)18-14(3)15-9-11-19(4)12-10-15/h5-8,13-15,18H,9-12H2,1-4H3. The molecule has 0 radical (unpaired) electrons. The third kappa shape index (κ3) is 3.73. The van der Waals surface area contributed by atoms with Crippen LogP contribution < -0.4 is 5.32 Å². The average Bonchev–Trinajstić information content (AvgIpc) is 2.39. The minimum Gasteiger partial charge on any atom is -0.382 e. The molecule has 1 fully saturated rings. The Kier molecular flexibility index (Phi) is 4.87. The quantitative estimate of drug-likeness (QED) is 0.881. The Morgan fingerprint density at radius 2 is 1.74 bits per heavy atom. The zero-order valence-electron chi connectivity index (χ0n) is 12.8. The zero-order chi connectivity index (χ0) is 13.8. The van der Waals surface area contributed by atoms with Crippen LogP contribution in [0.5, 0.6) is 0 Å². The largest absolute Gasteiger partial charge is 0.382 e. The molecule has 1 heterocycles. The number of benzene rings is 1. The Morgan fingerprint density at radius 1 is 1.11 bits per heavy atom. The number of nitrogens with zero attached hydrogens (tertiary/aromatic N) is 1. The molecule has 2 rings (SSSR count). The summed E-state index contributed by atoms with van der Waals surface area (Å²) in [5.41, 5.74) is 2.76. The van der Waals surface area contributed by atoms with Crippen LogP contribution in [0.15, 0.2) is 24.3 Å². The molecule has 2 nitrogen and oxygen atoms in total. The molecule has 0 bridgehead atoms. The van der Waals surface area contributed by atoms with Crippen molar-refractivity contribution in [1.82, 2.24) is 4.90 Å². The molecule has 0 aliphatic carbocycles. The highest BCUT2D eigenvalue weighted by Crippen LogP contribution is 2.27. The lowest BCUT2D eigenvalue weighted by atomic mass is 9.90. The molecule has 1 atom stereocenters. The Morgan fingerprint density at radius 3 is 2.37 bits per heavy atom. The maximum absolute atomic E-state index is 3.76. The number of likely N-dealkylation sites (tertiary alicyclic amines) is 1. The second kappa shape index (κ2) is 6.42. The number of piperidine rings is 1. The van der Waals surface area contributed by atoms with Gasteiger partial charge in [-0.1, -0.05) is 32.0 Å². The lowest BCUT2D eigenvalue weighted by molar-refractivity contribution is 0.208. The van der Waals surface area contributed by atoms with Gasteiger partial charge in [0.1, 0.15) is 0 Å². The molecule has 1 aliphatic rings. The van der Waals surface area contributed by atoms with Crippen LogP contribution in [0.2, 0.25) is 0 Å². The minimum atomic E-state index is 0.564. The number of rotatable bonds is 4. The van der Waals surface area contributed by atoms with Crippen molar-refractivity contribution in [2.24, 2.45) is 5.92 Å². The van der Waals surface area contributed by atoms with Crippen molar-refractivity contribution in [3.63, 3.8) is 0 Å². The summed E-state index contributed by atoms with van der Waals surface area (Å²) in [4.78, 5) is 2.44. The molecule has 1 unspecified atom stereocenters. The van der Waals surface area contributed by atoms with Crippen molar-refractivity contribution >= 4 is 5.69 Å². The number of hydrogen-bond donors (Lipinski definition) is 1. The van der Waals surface area contributed by atoms with Gasteiger partial charge in [-0.15, -0.1) is 0 Å². The van der Waals surface area contributed by atoms with Crippen LogP contribution in [0, 0.1) is 5.92 Å². The van der Waals surface area contributed by atoms with Gasteiger partial charge in [0.2, 0.25) is 0 Å². The number of anilines is 1. The smallest absolute Gasteiger partial charge is 0.0377 e. The summed E-state index contributed by atoms with van der Waals surface area (Å²) in [6.45, 7) is 9.35. The van der Waals surface area contributed by atoms with Crippen LogP contribution in [-0.2, 0) is 0 Å². The summed E-state index contributed by atoms with van der Waals surface area (Å²) in [6.07, 6.45) is 2.63. The van der Waals surface area contributed by atoms with Crippen LogP contribution in [0.4, 0.5) is 5.69 Å². The van der Waals surface area contributed by atoms with Gasteiger partial charge in [-0.2, -0.15) is 0 Å². The Bertz CT molecular complexity index is 392. The van der Waals surface area contributed by atoms with Crippen LogP contribution in [-0.4, -0.2) is 31.1 Å². The molecule has 19 heavy (non-hydrogen) atoms. The first-order chi connectivity index (χ1) is 9.08. The number of para-hydroxylation sites is 1. The molecule has 1 aromatic rings. The van der Waals surface area contributed by atoms with Crippen molar-refractivity contribution in [2.45, 2.75) is 45.6 Å². The van der Waals surface area contributed by atoms with Crippen LogP contribution in [0.3, 0.4) is 0 Å². The third-order valence-corrected chi connectivity index (χ3v) is 4.44. The third-order valence-electron chi connectivity index (χ3n) is 4.44. The van der Waals surface area contributed by atoms with Gasteiger partial charge in [-0.05, 0) is 63.4 Å². The van der Waals surface area contributed by atoms with E-state index in [2.05, 4.69) is 62.3 Å². The summed E-state index contributed by atoms with van der Waals surface area (Å²) in [5.74, 6) is 1.38. The predicted molar refractivity (Wildman–Crippen MR) is 83.8 cm³/mol. The average molecular weight is 260 g/mol. The monoisotopic (exact) mass is 260 g/mol. The van der Waals surface area contributed by atoms with Gasteiger partial charge in [0.05, 0.1) is 0 Å². The SMILES string of the molecule is CC(C)c1ccccc1NC(C)C1CCN(C)CC1. The maximum atomic E-state index is 3.76. The van der Waals surface area contributed by atoms with E-state index < -0.39 is 0 Å². The van der Waals surface area contributed by atoms with Gasteiger partial charge in [0, 0.05) is 11.7 Å². The first-order valence-corrected chi connectivity index (χ1v) is 7.62. The van der Waals surface area contributed by atoms with E-state index >= 15 is 0 Å². The van der Waals surface area contributed by atoms with E-state index in [-0.39, 0.29) is 0 Å². The van der Waals surface area contributed by atoms with Crippen molar-refractivity contribution in [1.29, 1.82) is 0 Å². The van der Waals surface area contributed by atoms with Gasteiger partial charge in [-0.3, -0.25) is 0 Å². The Balaban J connectivity index is 2.00. The Labute approximate surface area is 118 Å². The topological polar surface area (TPSA) is 15.3 Å². The summed E-state index contributed by atoms with van der Waals surface area (Å²) in [7, 11) is 2.22. The lowest BCUT2D eigenvalue weighted by Gasteiger charge is -2.34. The van der Waals surface area contributed by atoms with E-state index in [1.807, 2.05) is 0 Å². The second-order valence-corrected chi connectivity index (χ2v) is 6.32. The molecular formula is C17H28N2. The molecule has 1 N–H and O–H groups in total. The van der Waals surface area contributed by atoms with Crippen LogP contribution in [0.25, 0.3) is 0 Å². The fourth-order valence-corrected chi connectivity index (χ4v) is 3.02. The fourth-order valence-electron chi connectivity index (χ4n) is 3.02. The van der Waals surface area contributed by atoms with Crippen LogP contribution in [0.1, 0.15) is 45.1 Å². The zero-order valence-corrected chi connectivity index (χ0v) is 12.8. The molecule has 0 amide bonds. The van der Waals surface area contributed by atoms with E-state index in [1.54, 1.807) is 0 Å². The fraction of sp³-hybridized carbons (Fsp3) is 0.647. The summed E-state index contributed by atoms with van der Waals surface area (Å²) >= 11 is 0. The van der Waals surface area contributed by atoms with Gasteiger partial charge in [0.15, 0.2) is 0 Å². The predicted octanol–water partition coefficient (Wildman–Crippen LogP) is 3.95. The molecule has 1 aliphatic heterocycles. The maximum Gasteiger partial charge on any atom is 0.0377 e. The summed E-state index contributed by atoms with van der Waals surface area (Å²) < 4.78 is 0. The van der Waals surface area contributed by atoms with Crippen molar-refractivity contribution in [2.75, 3.05) is 25.5 Å². The summed E-state index contributed by atoms with van der Waals surface area (Å²) in [6, 6.07) is 9.31. The number of hydrogen-bond acceptors (Lipinski definition) is 2. The van der Waals surface area contributed by atoms with E-state index in [0.29, 0.717) is 12.0 Å². The van der Waals surface area contributed by atoms with Crippen molar-refractivity contribution in [3.05, 3.63) is 29.8 Å². The van der Waals surface area contributed by atoms with Gasteiger partial charge in [0.25, 0.3) is 0 Å². The van der Waals surface area contributed by atoms with E-state index in [4.69, 9.17) is 0 Å².